The summed E-state index contributed by atoms with van der Waals surface area (Å²) in [6.07, 6.45) is 6.02. The highest BCUT2D eigenvalue weighted by atomic mass is 16.5. The number of aliphatic hydroxyl groups excluding tert-OH is 1. The summed E-state index contributed by atoms with van der Waals surface area (Å²) < 4.78 is 5.20. The molecule has 2 N–H and O–H groups in total. The molecule has 1 aromatic heterocycles. The second kappa shape index (κ2) is 7.66. The van der Waals surface area contributed by atoms with Crippen LogP contribution in [0.15, 0.2) is 10.6 Å². The number of nitrogens with zero attached hydrogens (tertiary/aromatic N) is 2. The van der Waals surface area contributed by atoms with Crippen LogP contribution in [-0.4, -0.2) is 52.3 Å². The lowest BCUT2D eigenvalue weighted by Gasteiger charge is -2.41. The Morgan fingerprint density at radius 1 is 1.29 bits per heavy atom. The Labute approximate surface area is 143 Å². The van der Waals surface area contributed by atoms with Gasteiger partial charge in [0.05, 0.1) is 6.10 Å². The van der Waals surface area contributed by atoms with Crippen LogP contribution in [0, 0.1) is 0 Å². The molecule has 2 heterocycles. The Kier molecular flexibility index (Phi) is 5.56. The van der Waals surface area contributed by atoms with E-state index in [1.165, 1.54) is 6.42 Å². The second-order valence-electron chi connectivity index (χ2n) is 7.47. The molecule has 1 aliphatic heterocycles. The molecule has 1 saturated heterocycles. The van der Waals surface area contributed by atoms with E-state index in [2.05, 4.69) is 15.4 Å². The lowest BCUT2D eigenvalue weighted by molar-refractivity contribution is 0.00725. The van der Waals surface area contributed by atoms with E-state index in [-0.39, 0.29) is 24.0 Å². The van der Waals surface area contributed by atoms with Crippen molar-refractivity contribution in [3.05, 3.63) is 17.5 Å². The third kappa shape index (κ3) is 3.98. The fourth-order valence-corrected chi connectivity index (χ4v) is 3.82. The van der Waals surface area contributed by atoms with Crippen LogP contribution < -0.4 is 5.32 Å². The monoisotopic (exact) mass is 335 g/mol. The molecule has 6 nitrogen and oxygen atoms in total. The molecular formula is C18H29N3O3. The van der Waals surface area contributed by atoms with Crippen molar-refractivity contribution < 1.29 is 14.4 Å². The molecule has 6 heteroatoms. The second-order valence-corrected chi connectivity index (χ2v) is 7.47. The van der Waals surface area contributed by atoms with E-state index in [4.69, 9.17) is 4.52 Å². The Balaban J connectivity index is 1.48. The first-order chi connectivity index (χ1) is 11.5. The summed E-state index contributed by atoms with van der Waals surface area (Å²) >= 11 is 0. The maximum absolute atomic E-state index is 12.3. The van der Waals surface area contributed by atoms with Crippen molar-refractivity contribution in [2.75, 3.05) is 13.1 Å². The molecule has 134 valence electrons. The number of nitrogens with one attached hydrogen (secondary N) is 1. The van der Waals surface area contributed by atoms with E-state index in [9.17, 15) is 9.90 Å². The van der Waals surface area contributed by atoms with Crippen molar-refractivity contribution in [3.63, 3.8) is 0 Å². The Hall–Kier alpha value is -1.40. The van der Waals surface area contributed by atoms with Crippen molar-refractivity contribution in [2.24, 2.45) is 0 Å². The first-order valence-corrected chi connectivity index (χ1v) is 9.24. The summed E-state index contributed by atoms with van der Waals surface area (Å²) in [5.74, 6) is 0.812. The third-order valence-corrected chi connectivity index (χ3v) is 5.36. The van der Waals surface area contributed by atoms with Gasteiger partial charge in [0, 0.05) is 37.2 Å². The van der Waals surface area contributed by atoms with Gasteiger partial charge < -0.3 is 14.9 Å². The van der Waals surface area contributed by atoms with Crippen LogP contribution in [0.3, 0.4) is 0 Å². The van der Waals surface area contributed by atoms with Crippen LogP contribution in [-0.2, 0) is 0 Å². The minimum atomic E-state index is -0.186. The summed E-state index contributed by atoms with van der Waals surface area (Å²) in [5.41, 5.74) is 0.365. The fourth-order valence-electron chi connectivity index (χ4n) is 3.82. The van der Waals surface area contributed by atoms with Gasteiger partial charge in [-0.2, -0.15) is 0 Å². The molecule has 2 fully saturated rings. The highest BCUT2D eigenvalue weighted by Gasteiger charge is 2.32. The van der Waals surface area contributed by atoms with Gasteiger partial charge in [-0.05, 0) is 25.7 Å². The lowest BCUT2D eigenvalue weighted by Crippen LogP contribution is -2.52. The molecule has 0 radical (unpaired) electrons. The molecule has 0 spiro atoms. The van der Waals surface area contributed by atoms with Crippen molar-refractivity contribution in [2.45, 2.75) is 76.5 Å². The zero-order valence-corrected chi connectivity index (χ0v) is 14.7. The van der Waals surface area contributed by atoms with Gasteiger partial charge in [0.2, 0.25) is 0 Å². The number of aromatic nitrogens is 1. The zero-order chi connectivity index (χ0) is 17.1. The maximum atomic E-state index is 12.3. The highest BCUT2D eigenvalue weighted by Crippen LogP contribution is 2.26. The third-order valence-electron chi connectivity index (χ3n) is 5.36. The fraction of sp³-hybridized carbons (Fsp3) is 0.778. The number of amides is 1. The van der Waals surface area contributed by atoms with Crippen molar-refractivity contribution in [3.8, 4) is 0 Å². The summed E-state index contributed by atoms with van der Waals surface area (Å²) in [6.45, 7) is 5.89. The van der Waals surface area contributed by atoms with Crippen molar-refractivity contribution >= 4 is 5.91 Å². The van der Waals surface area contributed by atoms with Gasteiger partial charge in [-0.3, -0.25) is 9.69 Å². The Morgan fingerprint density at radius 2 is 2.00 bits per heavy atom. The van der Waals surface area contributed by atoms with Crippen molar-refractivity contribution in [1.82, 2.24) is 15.4 Å². The molecule has 2 atom stereocenters. The lowest BCUT2D eigenvalue weighted by atomic mass is 9.89. The minimum absolute atomic E-state index is 0.151. The van der Waals surface area contributed by atoms with Gasteiger partial charge >= 0.3 is 0 Å². The summed E-state index contributed by atoms with van der Waals surface area (Å²) in [4.78, 5) is 14.7. The van der Waals surface area contributed by atoms with E-state index in [1.54, 1.807) is 6.07 Å². The van der Waals surface area contributed by atoms with Crippen LogP contribution in [0.2, 0.25) is 0 Å². The quantitative estimate of drug-likeness (QED) is 0.883. The van der Waals surface area contributed by atoms with Crippen LogP contribution in [0.25, 0.3) is 0 Å². The molecule has 24 heavy (non-hydrogen) atoms. The number of rotatable bonds is 4. The summed E-state index contributed by atoms with van der Waals surface area (Å²) in [5, 5.41) is 17.1. The number of piperidine rings is 1. The van der Waals surface area contributed by atoms with Gasteiger partial charge in [-0.15, -0.1) is 0 Å². The number of carbonyl (C=O) groups is 1. The van der Waals surface area contributed by atoms with E-state index in [1.807, 2.05) is 13.8 Å². The number of carbonyl (C=O) groups excluding carboxylic acids is 1. The van der Waals surface area contributed by atoms with E-state index in [0.29, 0.717) is 11.7 Å². The Bertz CT molecular complexity index is 549. The van der Waals surface area contributed by atoms with Crippen LogP contribution in [0.4, 0.5) is 0 Å². The average molecular weight is 335 g/mol. The number of likely N-dealkylation sites (tertiary alicyclic amines) is 1. The molecular weight excluding hydrogens is 306 g/mol. The maximum Gasteiger partial charge on any atom is 0.273 e. The molecule has 3 rings (SSSR count). The number of aliphatic hydroxyl groups is 1. The predicted octanol–water partition coefficient (Wildman–Crippen LogP) is 2.30. The summed E-state index contributed by atoms with van der Waals surface area (Å²) in [7, 11) is 0. The molecule has 0 unspecified atom stereocenters. The minimum Gasteiger partial charge on any atom is -0.391 e. The number of hydrogen-bond acceptors (Lipinski definition) is 5. The van der Waals surface area contributed by atoms with Gasteiger partial charge in [-0.1, -0.05) is 31.8 Å². The topological polar surface area (TPSA) is 78.6 Å². The van der Waals surface area contributed by atoms with E-state index >= 15 is 0 Å². The van der Waals surface area contributed by atoms with Crippen LogP contribution in [0.5, 0.6) is 0 Å². The van der Waals surface area contributed by atoms with E-state index < -0.39 is 0 Å². The van der Waals surface area contributed by atoms with Gasteiger partial charge in [-0.25, -0.2) is 0 Å². The molecule has 1 amide bonds. The standard InChI is InChI=1S/C18H29N3O3/c1-12(2)17-11-14(20-24-17)18(23)19-13-7-9-21(10-8-13)15-5-3-4-6-16(15)22/h11-13,15-16,22H,3-10H2,1-2H3,(H,19,23)/t15-,16-/m1/s1. The predicted molar refractivity (Wildman–Crippen MR) is 90.9 cm³/mol. The average Bonchev–Trinajstić information content (AvgIpc) is 3.07. The van der Waals surface area contributed by atoms with Gasteiger partial charge in [0.1, 0.15) is 5.76 Å². The number of hydrogen-bond donors (Lipinski definition) is 2. The van der Waals surface area contributed by atoms with E-state index in [0.717, 1.165) is 51.0 Å². The zero-order valence-electron chi connectivity index (χ0n) is 14.7. The van der Waals surface area contributed by atoms with Gasteiger partial charge in [0.15, 0.2) is 5.69 Å². The molecule has 1 aromatic rings. The smallest absolute Gasteiger partial charge is 0.273 e. The van der Waals surface area contributed by atoms with Crippen molar-refractivity contribution in [1.29, 1.82) is 0 Å². The van der Waals surface area contributed by atoms with Gasteiger partial charge in [0.25, 0.3) is 5.91 Å². The largest absolute Gasteiger partial charge is 0.391 e. The first kappa shape index (κ1) is 17.4. The molecule has 2 aliphatic rings. The SMILES string of the molecule is CC(C)c1cc(C(=O)NC2CCN([C@@H]3CCCC[C@H]3O)CC2)no1. The van der Waals surface area contributed by atoms with Crippen LogP contribution >= 0.6 is 0 Å². The molecule has 0 bridgehead atoms. The summed E-state index contributed by atoms with van der Waals surface area (Å²) in [6, 6.07) is 2.21. The first-order valence-electron chi connectivity index (χ1n) is 9.24. The Morgan fingerprint density at radius 3 is 2.62 bits per heavy atom. The molecule has 0 aromatic carbocycles. The molecule has 1 saturated carbocycles. The molecule has 1 aliphatic carbocycles. The highest BCUT2D eigenvalue weighted by molar-refractivity contribution is 5.92. The van der Waals surface area contributed by atoms with Crippen LogP contribution in [0.1, 0.15) is 74.5 Å². The normalized spacial score (nSPS) is 26.7.